The number of anilines is 1. The number of hydrogen-bond acceptors (Lipinski definition) is 5. The van der Waals surface area contributed by atoms with Gasteiger partial charge in [0, 0.05) is 17.6 Å². The van der Waals surface area contributed by atoms with Gasteiger partial charge in [-0.15, -0.1) is 0 Å². The molecule has 4 amide bonds. The maximum absolute atomic E-state index is 12.1. The zero-order chi connectivity index (χ0) is 19.3. The Labute approximate surface area is 155 Å². The van der Waals surface area contributed by atoms with Gasteiger partial charge < -0.3 is 15.7 Å². The molecular formula is C17H21N3O5S. The number of carbonyl (C=O) groups excluding carboxylic acids is 3. The van der Waals surface area contributed by atoms with E-state index in [0.29, 0.717) is 12.1 Å². The molecule has 1 aliphatic rings. The summed E-state index contributed by atoms with van der Waals surface area (Å²) in [5.74, 6) is -0.939. The Morgan fingerprint density at radius 2 is 1.88 bits per heavy atom. The molecule has 2 rings (SSSR count). The molecule has 0 atom stereocenters. The summed E-state index contributed by atoms with van der Waals surface area (Å²) in [6.45, 7) is 3.71. The van der Waals surface area contributed by atoms with E-state index in [1.54, 1.807) is 38.1 Å². The van der Waals surface area contributed by atoms with Crippen LogP contribution in [0.4, 0.5) is 15.3 Å². The molecule has 0 aromatic heterocycles. The van der Waals surface area contributed by atoms with Crippen molar-refractivity contribution in [1.29, 1.82) is 0 Å². The van der Waals surface area contributed by atoms with Crippen molar-refractivity contribution in [2.45, 2.75) is 38.8 Å². The van der Waals surface area contributed by atoms with Gasteiger partial charge in [-0.1, -0.05) is 23.9 Å². The van der Waals surface area contributed by atoms with E-state index < -0.39 is 17.5 Å². The normalized spacial score (nSPS) is 14.5. The van der Waals surface area contributed by atoms with Crippen LogP contribution in [-0.2, 0) is 16.1 Å². The summed E-state index contributed by atoms with van der Waals surface area (Å²) in [5, 5.41) is 13.9. The summed E-state index contributed by atoms with van der Waals surface area (Å²) in [7, 11) is 0. The van der Waals surface area contributed by atoms with Gasteiger partial charge in [-0.25, -0.2) is 4.79 Å². The predicted octanol–water partition coefficient (Wildman–Crippen LogP) is 2.65. The standard InChI is InChI=1S/C17H21N3O5S/c1-17(2,8-7-14(22)23)19-15(24)18-12-5-3-11(4-6-12)9-20-13(21)10-26-16(20)25/h3-6H,7-10H2,1-2H3,(H,22,23)(H2,18,19,24). The van der Waals surface area contributed by atoms with Gasteiger partial charge in [-0.05, 0) is 38.0 Å². The summed E-state index contributed by atoms with van der Waals surface area (Å²) < 4.78 is 0. The second kappa shape index (κ2) is 8.22. The number of imide groups is 1. The van der Waals surface area contributed by atoms with Crippen molar-refractivity contribution in [3.05, 3.63) is 29.8 Å². The molecule has 0 saturated carbocycles. The third-order valence-electron chi connectivity index (χ3n) is 3.81. The van der Waals surface area contributed by atoms with Crippen molar-refractivity contribution in [2.75, 3.05) is 11.1 Å². The molecule has 1 aromatic rings. The summed E-state index contributed by atoms with van der Waals surface area (Å²) >= 11 is 0.991. The zero-order valence-corrected chi connectivity index (χ0v) is 15.4. The van der Waals surface area contributed by atoms with E-state index in [1.807, 2.05) is 0 Å². The number of urea groups is 1. The Morgan fingerprint density at radius 3 is 2.42 bits per heavy atom. The van der Waals surface area contributed by atoms with Crippen molar-refractivity contribution in [2.24, 2.45) is 0 Å². The lowest BCUT2D eigenvalue weighted by atomic mass is 9.99. The van der Waals surface area contributed by atoms with Crippen LogP contribution in [0.15, 0.2) is 24.3 Å². The quantitative estimate of drug-likeness (QED) is 0.671. The maximum Gasteiger partial charge on any atom is 0.319 e. The largest absolute Gasteiger partial charge is 0.481 e. The second-order valence-corrected chi connectivity index (χ2v) is 7.51. The van der Waals surface area contributed by atoms with E-state index >= 15 is 0 Å². The topological polar surface area (TPSA) is 116 Å². The lowest BCUT2D eigenvalue weighted by Gasteiger charge is -2.25. The van der Waals surface area contributed by atoms with E-state index in [2.05, 4.69) is 10.6 Å². The number of carbonyl (C=O) groups is 4. The van der Waals surface area contributed by atoms with Gasteiger partial charge in [0.15, 0.2) is 0 Å². The number of benzene rings is 1. The fourth-order valence-electron chi connectivity index (χ4n) is 2.36. The van der Waals surface area contributed by atoms with Crippen molar-refractivity contribution in [3.8, 4) is 0 Å². The summed E-state index contributed by atoms with van der Waals surface area (Å²) in [5.41, 5.74) is 0.673. The molecular weight excluding hydrogens is 358 g/mol. The highest BCUT2D eigenvalue weighted by Crippen LogP contribution is 2.22. The molecule has 140 valence electrons. The Morgan fingerprint density at radius 1 is 1.23 bits per heavy atom. The first-order valence-electron chi connectivity index (χ1n) is 8.03. The Hall–Kier alpha value is -2.55. The van der Waals surface area contributed by atoms with E-state index in [0.717, 1.165) is 17.3 Å². The minimum Gasteiger partial charge on any atom is -0.481 e. The Kier molecular flexibility index (Phi) is 6.25. The third-order valence-corrected chi connectivity index (χ3v) is 4.67. The molecule has 0 spiro atoms. The van der Waals surface area contributed by atoms with E-state index in [-0.39, 0.29) is 29.9 Å². The molecule has 8 nitrogen and oxygen atoms in total. The first kappa shape index (κ1) is 19.8. The minimum atomic E-state index is -0.913. The maximum atomic E-state index is 12.1. The number of nitrogens with zero attached hydrogens (tertiary/aromatic N) is 1. The zero-order valence-electron chi connectivity index (χ0n) is 14.6. The number of carboxylic acids is 1. The van der Waals surface area contributed by atoms with Crippen molar-refractivity contribution in [1.82, 2.24) is 10.2 Å². The van der Waals surface area contributed by atoms with E-state index in [1.165, 1.54) is 4.90 Å². The van der Waals surface area contributed by atoms with Crippen LogP contribution in [0.3, 0.4) is 0 Å². The first-order valence-corrected chi connectivity index (χ1v) is 9.02. The average molecular weight is 379 g/mol. The lowest BCUT2D eigenvalue weighted by Crippen LogP contribution is -2.45. The van der Waals surface area contributed by atoms with E-state index in [4.69, 9.17) is 5.11 Å². The van der Waals surface area contributed by atoms with Crippen molar-refractivity contribution >= 4 is 40.6 Å². The number of aliphatic carboxylic acids is 1. The SMILES string of the molecule is CC(C)(CCC(=O)O)NC(=O)Nc1ccc(CN2C(=O)CSC2=O)cc1. The number of hydrogen-bond donors (Lipinski definition) is 3. The van der Waals surface area contributed by atoms with Crippen LogP contribution < -0.4 is 10.6 Å². The number of amides is 4. The van der Waals surface area contributed by atoms with Gasteiger partial charge in [0.05, 0.1) is 12.3 Å². The van der Waals surface area contributed by atoms with Crippen LogP contribution in [0.1, 0.15) is 32.3 Å². The van der Waals surface area contributed by atoms with Crippen LogP contribution in [0.2, 0.25) is 0 Å². The van der Waals surface area contributed by atoms with Crippen LogP contribution in [0.25, 0.3) is 0 Å². The van der Waals surface area contributed by atoms with Gasteiger partial charge in [0.1, 0.15) is 0 Å². The highest BCUT2D eigenvalue weighted by atomic mass is 32.2. The highest BCUT2D eigenvalue weighted by molar-refractivity contribution is 8.14. The Balaban J connectivity index is 1.88. The lowest BCUT2D eigenvalue weighted by molar-refractivity contribution is -0.137. The molecule has 0 aliphatic carbocycles. The molecule has 9 heteroatoms. The average Bonchev–Trinajstić information content (AvgIpc) is 2.86. The van der Waals surface area contributed by atoms with Crippen molar-refractivity contribution in [3.63, 3.8) is 0 Å². The third kappa shape index (κ3) is 5.76. The molecule has 1 aromatic carbocycles. The molecule has 1 aliphatic heterocycles. The smallest absolute Gasteiger partial charge is 0.319 e. The predicted molar refractivity (Wildman–Crippen MR) is 97.9 cm³/mol. The molecule has 1 fully saturated rings. The van der Waals surface area contributed by atoms with Gasteiger partial charge in [-0.2, -0.15) is 0 Å². The van der Waals surface area contributed by atoms with Crippen LogP contribution in [0.5, 0.6) is 0 Å². The number of thioether (sulfide) groups is 1. The molecule has 1 heterocycles. The van der Waals surface area contributed by atoms with Gasteiger partial charge in [0.2, 0.25) is 5.91 Å². The second-order valence-electron chi connectivity index (χ2n) is 6.59. The fourth-order valence-corrected chi connectivity index (χ4v) is 3.09. The van der Waals surface area contributed by atoms with Crippen LogP contribution in [0, 0.1) is 0 Å². The van der Waals surface area contributed by atoms with E-state index in [9.17, 15) is 19.2 Å². The van der Waals surface area contributed by atoms with Crippen molar-refractivity contribution < 1.29 is 24.3 Å². The fraction of sp³-hybridized carbons (Fsp3) is 0.412. The minimum absolute atomic E-state index is 0.0335. The van der Waals surface area contributed by atoms with Gasteiger partial charge >= 0.3 is 12.0 Å². The molecule has 0 unspecified atom stereocenters. The first-order chi connectivity index (χ1) is 12.2. The summed E-state index contributed by atoms with van der Waals surface area (Å²) in [6.07, 6.45) is 0.277. The van der Waals surface area contributed by atoms with Crippen LogP contribution in [-0.4, -0.2) is 44.4 Å². The Bertz CT molecular complexity index is 702. The highest BCUT2D eigenvalue weighted by Gasteiger charge is 2.29. The molecule has 0 radical (unpaired) electrons. The number of carboxylic acid groups (broad SMARTS) is 1. The molecule has 3 N–H and O–H groups in total. The summed E-state index contributed by atoms with van der Waals surface area (Å²) in [6, 6.07) is 6.38. The summed E-state index contributed by atoms with van der Waals surface area (Å²) in [4.78, 5) is 47.1. The van der Waals surface area contributed by atoms with Gasteiger partial charge in [0.25, 0.3) is 5.24 Å². The molecule has 26 heavy (non-hydrogen) atoms. The monoisotopic (exact) mass is 379 g/mol. The molecule has 1 saturated heterocycles. The van der Waals surface area contributed by atoms with Crippen LogP contribution >= 0.6 is 11.8 Å². The number of nitrogens with one attached hydrogen (secondary N) is 2. The van der Waals surface area contributed by atoms with Gasteiger partial charge in [-0.3, -0.25) is 19.3 Å². The molecule has 0 bridgehead atoms. The number of rotatable bonds is 7.